The van der Waals surface area contributed by atoms with Crippen molar-refractivity contribution in [2.45, 2.75) is 34.2 Å². The van der Waals surface area contributed by atoms with E-state index in [-0.39, 0.29) is 29.3 Å². The largest absolute Gasteiger partial charge is 0.465 e. The van der Waals surface area contributed by atoms with Gasteiger partial charge in [-0.2, -0.15) is 0 Å². The van der Waals surface area contributed by atoms with E-state index in [1.54, 1.807) is 13.0 Å². The van der Waals surface area contributed by atoms with E-state index in [9.17, 15) is 14.4 Å². The number of aryl methyl sites for hydroxylation is 3. The number of carbonyl (C=O) groups is 2. The lowest BCUT2D eigenvalue weighted by atomic mass is 10.1. The van der Waals surface area contributed by atoms with Gasteiger partial charge in [0, 0.05) is 5.56 Å². The van der Waals surface area contributed by atoms with Gasteiger partial charge in [0.15, 0.2) is 17.2 Å². The maximum atomic E-state index is 13.6. The van der Waals surface area contributed by atoms with Crippen LogP contribution in [0.3, 0.4) is 0 Å². The Hall–Kier alpha value is -4.27. The highest BCUT2D eigenvalue weighted by Gasteiger charge is 2.26. The number of benzene rings is 2. The molecule has 0 atom stereocenters. The van der Waals surface area contributed by atoms with Crippen LogP contribution in [0.2, 0.25) is 0 Å². The van der Waals surface area contributed by atoms with Gasteiger partial charge in [-0.25, -0.2) is 19.3 Å². The standard InChI is InChI=1S/C25H25N5O4/c1-5-34-19(31)13-29-21-20(22(26)32)27-23(18-9-7-6-8-15(18)3)28-24(21)30(25(29)33)17-11-10-14(2)16(4)12-17/h6-12H,5,13H2,1-4H3,(H2,26,32). The number of primary amides is 1. The summed E-state index contributed by atoms with van der Waals surface area (Å²) < 4.78 is 7.56. The molecule has 0 spiro atoms. The Labute approximate surface area is 195 Å². The number of hydrogen-bond acceptors (Lipinski definition) is 6. The molecule has 174 valence electrons. The fourth-order valence-corrected chi connectivity index (χ4v) is 3.85. The minimum atomic E-state index is -0.836. The van der Waals surface area contributed by atoms with E-state index in [1.165, 1.54) is 4.57 Å². The average Bonchev–Trinajstić information content (AvgIpc) is 3.06. The number of aromatic nitrogens is 4. The van der Waals surface area contributed by atoms with Crippen LogP contribution >= 0.6 is 0 Å². The molecule has 1 amide bonds. The topological polar surface area (TPSA) is 122 Å². The summed E-state index contributed by atoms with van der Waals surface area (Å²) in [5.74, 6) is -1.20. The molecular formula is C25H25N5O4. The van der Waals surface area contributed by atoms with Crippen molar-refractivity contribution in [3.05, 3.63) is 75.3 Å². The Morgan fingerprint density at radius 1 is 1.00 bits per heavy atom. The van der Waals surface area contributed by atoms with Crippen molar-refractivity contribution in [3.63, 3.8) is 0 Å². The highest BCUT2D eigenvalue weighted by atomic mass is 16.5. The van der Waals surface area contributed by atoms with E-state index < -0.39 is 24.1 Å². The zero-order chi connectivity index (χ0) is 24.6. The fraction of sp³-hybridized carbons (Fsp3) is 0.240. The average molecular weight is 460 g/mol. The summed E-state index contributed by atoms with van der Waals surface area (Å²) in [6.45, 7) is 7.22. The lowest BCUT2D eigenvalue weighted by Crippen LogP contribution is -2.28. The van der Waals surface area contributed by atoms with Crippen LogP contribution in [0.25, 0.3) is 28.2 Å². The smallest absolute Gasteiger partial charge is 0.335 e. The van der Waals surface area contributed by atoms with Gasteiger partial charge in [0.05, 0.1) is 12.3 Å². The zero-order valence-corrected chi connectivity index (χ0v) is 19.5. The number of ether oxygens (including phenoxy) is 1. The number of esters is 1. The lowest BCUT2D eigenvalue weighted by Gasteiger charge is -2.09. The normalized spacial score (nSPS) is 11.1. The molecule has 0 aliphatic heterocycles. The molecule has 9 heteroatoms. The van der Waals surface area contributed by atoms with Crippen molar-refractivity contribution in [1.29, 1.82) is 0 Å². The third-order valence-corrected chi connectivity index (χ3v) is 5.73. The highest BCUT2D eigenvalue weighted by molar-refractivity contribution is 6.02. The number of carbonyl (C=O) groups excluding carboxylic acids is 2. The van der Waals surface area contributed by atoms with Crippen molar-refractivity contribution >= 4 is 23.0 Å². The van der Waals surface area contributed by atoms with Crippen LogP contribution in [0.15, 0.2) is 47.3 Å². The molecule has 2 aromatic carbocycles. The van der Waals surface area contributed by atoms with E-state index >= 15 is 0 Å². The van der Waals surface area contributed by atoms with E-state index in [1.807, 2.05) is 57.2 Å². The molecule has 2 heterocycles. The predicted molar refractivity (Wildman–Crippen MR) is 128 cm³/mol. The van der Waals surface area contributed by atoms with Crippen LogP contribution in [0, 0.1) is 20.8 Å². The summed E-state index contributed by atoms with van der Waals surface area (Å²) in [7, 11) is 0. The number of amides is 1. The molecular weight excluding hydrogens is 434 g/mol. The highest BCUT2D eigenvalue weighted by Crippen LogP contribution is 2.26. The molecule has 9 nitrogen and oxygen atoms in total. The Morgan fingerprint density at radius 2 is 1.74 bits per heavy atom. The first-order valence-electron chi connectivity index (χ1n) is 10.8. The van der Waals surface area contributed by atoms with Gasteiger partial charge < -0.3 is 10.5 Å². The van der Waals surface area contributed by atoms with E-state index in [4.69, 9.17) is 10.5 Å². The molecule has 4 aromatic rings. The Bertz CT molecular complexity index is 1500. The summed E-state index contributed by atoms with van der Waals surface area (Å²) >= 11 is 0. The summed E-state index contributed by atoms with van der Waals surface area (Å²) in [5.41, 5.74) is 9.43. The molecule has 0 bridgehead atoms. The fourth-order valence-electron chi connectivity index (χ4n) is 3.85. The quantitative estimate of drug-likeness (QED) is 0.443. The SMILES string of the molecule is CCOC(=O)Cn1c(=O)n(-c2ccc(C)c(C)c2)c2nc(-c3ccccc3C)nc(C(N)=O)c21. The molecule has 0 aliphatic carbocycles. The van der Waals surface area contributed by atoms with Gasteiger partial charge in [0.25, 0.3) is 5.91 Å². The van der Waals surface area contributed by atoms with Crippen molar-refractivity contribution < 1.29 is 14.3 Å². The molecule has 2 aromatic heterocycles. The summed E-state index contributed by atoms with van der Waals surface area (Å²) in [5, 5.41) is 0. The van der Waals surface area contributed by atoms with Gasteiger partial charge >= 0.3 is 11.7 Å². The lowest BCUT2D eigenvalue weighted by molar-refractivity contribution is -0.143. The van der Waals surface area contributed by atoms with E-state index in [0.717, 1.165) is 21.3 Å². The monoisotopic (exact) mass is 459 g/mol. The molecule has 0 unspecified atom stereocenters. The third-order valence-electron chi connectivity index (χ3n) is 5.73. The second kappa shape index (κ2) is 8.93. The van der Waals surface area contributed by atoms with Gasteiger partial charge in [0.2, 0.25) is 0 Å². The van der Waals surface area contributed by atoms with Crippen LogP contribution in [-0.2, 0) is 16.1 Å². The first-order valence-corrected chi connectivity index (χ1v) is 10.8. The molecule has 2 N–H and O–H groups in total. The predicted octanol–water partition coefficient (Wildman–Crippen LogP) is 2.84. The van der Waals surface area contributed by atoms with Crippen LogP contribution in [-0.4, -0.2) is 37.6 Å². The van der Waals surface area contributed by atoms with Crippen molar-refractivity contribution in [2.75, 3.05) is 6.61 Å². The number of hydrogen-bond donors (Lipinski definition) is 1. The molecule has 0 radical (unpaired) electrons. The Kier molecular flexibility index (Phi) is 6.02. The van der Waals surface area contributed by atoms with Gasteiger partial charge in [-0.3, -0.25) is 14.2 Å². The Balaban J connectivity index is 2.12. The van der Waals surface area contributed by atoms with E-state index in [2.05, 4.69) is 9.97 Å². The van der Waals surface area contributed by atoms with Gasteiger partial charge in [-0.1, -0.05) is 30.3 Å². The van der Waals surface area contributed by atoms with Crippen molar-refractivity contribution in [3.8, 4) is 17.1 Å². The van der Waals surface area contributed by atoms with Gasteiger partial charge in [-0.15, -0.1) is 0 Å². The molecule has 4 rings (SSSR count). The van der Waals surface area contributed by atoms with Crippen LogP contribution in [0.1, 0.15) is 34.1 Å². The molecule has 0 fully saturated rings. The molecule has 0 saturated heterocycles. The number of fused-ring (bicyclic) bond motifs is 1. The molecule has 0 saturated carbocycles. The third kappa shape index (κ3) is 3.96. The number of nitrogens with two attached hydrogens (primary N) is 1. The minimum Gasteiger partial charge on any atom is -0.465 e. The van der Waals surface area contributed by atoms with Gasteiger partial charge in [0.1, 0.15) is 12.1 Å². The molecule has 0 aliphatic rings. The van der Waals surface area contributed by atoms with E-state index in [0.29, 0.717) is 11.3 Å². The summed E-state index contributed by atoms with van der Waals surface area (Å²) in [6.07, 6.45) is 0. The number of nitrogens with zero attached hydrogens (tertiary/aromatic N) is 4. The van der Waals surface area contributed by atoms with Crippen LogP contribution in [0.4, 0.5) is 0 Å². The van der Waals surface area contributed by atoms with Crippen molar-refractivity contribution in [2.24, 2.45) is 5.73 Å². The first kappa shape index (κ1) is 22.9. The Morgan fingerprint density at radius 3 is 2.38 bits per heavy atom. The van der Waals surface area contributed by atoms with Crippen molar-refractivity contribution in [1.82, 2.24) is 19.1 Å². The molecule has 34 heavy (non-hydrogen) atoms. The summed E-state index contributed by atoms with van der Waals surface area (Å²) in [4.78, 5) is 47.5. The summed E-state index contributed by atoms with van der Waals surface area (Å²) in [6, 6.07) is 13.0. The second-order valence-electron chi connectivity index (χ2n) is 8.02. The maximum absolute atomic E-state index is 13.6. The van der Waals surface area contributed by atoms with Crippen LogP contribution < -0.4 is 11.4 Å². The van der Waals surface area contributed by atoms with Gasteiger partial charge in [-0.05, 0) is 56.5 Å². The van der Waals surface area contributed by atoms with Crippen LogP contribution in [0.5, 0.6) is 0 Å². The first-order chi connectivity index (χ1) is 16.2. The zero-order valence-electron chi connectivity index (χ0n) is 19.5. The minimum absolute atomic E-state index is 0.0844. The maximum Gasteiger partial charge on any atom is 0.335 e. The number of imidazole rings is 1. The number of rotatable bonds is 6. The second-order valence-corrected chi connectivity index (χ2v) is 8.02.